The Bertz CT molecular complexity index is 1120. The third-order valence-corrected chi connectivity index (χ3v) is 8.49. The fourth-order valence-electron chi connectivity index (χ4n) is 4.71. The molecule has 1 saturated carbocycles. The zero-order valence-electron chi connectivity index (χ0n) is 20.7. The molecular weight excluding hydrogens is 466 g/mol. The van der Waals surface area contributed by atoms with E-state index in [0.29, 0.717) is 17.2 Å². The topological polar surface area (TPSA) is 104 Å². The smallest absolute Gasteiger partial charge is 0.319 e. The summed E-state index contributed by atoms with van der Waals surface area (Å²) in [5.41, 5.74) is 2.44. The molecule has 2 amide bonds. The molecule has 1 aromatic heterocycles. The van der Waals surface area contributed by atoms with Crippen LogP contribution in [0.1, 0.15) is 37.1 Å². The van der Waals surface area contributed by atoms with Gasteiger partial charge in [-0.3, -0.25) is 4.98 Å². The zero-order chi connectivity index (χ0) is 25.0. The maximum absolute atomic E-state index is 13.5. The minimum absolute atomic E-state index is 0.00984. The van der Waals surface area contributed by atoms with Crippen LogP contribution in [-0.4, -0.2) is 74.0 Å². The van der Waals surface area contributed by atoms with Crippen molar-refractivity contribution in [3.63, 3.8) is 0 Å². The van der Waals surface area contributed by atoms with Crippen molar-refractivity contribution < 1.29 is 17.9 Å². The fourth-order valence-corrected chi connectivity index (χ4v) is 6.68. The Morgan fingerprint density at radius 1 is 1.09 bits per heavy atom. The van der Waals surface area contributed by atoms with Crippen molar-refractivity contribution in [3.05, 3.63) is 47.8 Å². The molecule has 0 bridgehead atoms. The van der Waals surface area contributed by atoms with Gasteiger partial charge >= 0.3 is 6.03 Å². The number of anilines is 1. The van der Waals surface area contributed by atoms with Crippen molar-refractivity contribution in [1.29, 1.82) is 0 Å². The number of aromatic nitrogens is 1. The van der Waals surface area contributed by atoms with Gasteiger partial charge in [0, 0.05) is 48.3 Å². The standard InChI is InChI=1S/C25H35N5O4S/c1-18-15-20(16-19(2)27-18)28-25(31)26-11-14-29-12-9-22(10-13-29)30(21-7-8-21)35(32,33)24-6-4-5-23(17-24)34-3/h4-6,15-17,21-22H,7-14H2,1-3H3,(H2,26,27,28,31). The van der Waals surface area contributed by atoms with Crippen LogP contribution in [0.5, 0.6) is 5.75 Å². The minimum atomic E-state index is -3.59. The highest BCUT2D eigenvalue weighted by Gasteiger charge is 2.43. The highest BCUT2D eigenvalue weighted by molar-refractivity contribution is 7.89. The van der Waals surface area contributed by atoms with Crippen LogP contribution < -0.4 is 15.4 Å². The molecule has 1 aromatic carbocycles. The number of rotatable bonds is 9. The second-order valence-electron chi connectivity index (χ2n) is 9.34. The minimum Gasteiger partial charge on any atom is -0.497 e. The first-order valence-electron chi connectivity index (χ1n) is 12.2. The lowest BCUT2D eigenvalue weighted by molar-refractivity contribution is 0.156. The lowest BCUT2D eigenvalue weighted by Crippen LogP contribution is -2.49. The lowest BCUT2D eigenvalue weighted by Gasteiger charge is -2.38. The van der Waals surface area contributed by atoms with E-state index in [4.69, 9.17) is 4.74 Å². The van der Waals surface area contributed by atoms with E-state index >= 15 is 0 Å². The fraction of sp³-hybridized carbons (Fsp3) is 0.520. The Hall–Kier alpha value is -2.69. The van der Waals surface area contributed by atoms with Gasteiger partial charge in [0.2, 0.25) is 10.0 Å². The second kappa shape index (κ2) is 10.9. The summed E-state index contributed by atoms with van der Waals surface area (Å²) >= 11 is 0. The molecule has 1 aliphatic heterocycles. The van der Waals surface area contributed by atoms with Crippen LogP contribution in [0.25, 0.3) is 0 Å². The summed E-state index contributed by atoms with van der Waals surface area (Å²) in [5.74, 6) is 0.544. The predicted octanol–water partition coefficient (Wildman–Crippen LogP) is 3.15. The number of sulfonamides is 1. The van der Waals surface area contributed by atoms with Gasteiger partial charge in [-0.25, -0.2) is 13.2 Å². The number of nitrogens with zero attached hydrogens (tertiary/aromatic N) is 3. The van der Waals surface area contributed by atoms with Crippen molar-refractivity contribution in [2.24, 2.45) is 0 Å². The number of aryl methyl sites for hydroxylation is 2. The molecular formula is C25H35N5O4S. The number of benzene rings is 1. The lowest BCUT2D eigenvalue weighted by atomic mass is 10.0. The summed E-state index contributed by atoms with van der Waals surface area (Å²) < 4.78 is 34.0. The van der Waals surface area contributed by atoms with E-state index in [1.165, 1.54) is 0 Å². The maximum atomic E-state index is 13.5. The molecule has 190 valence electrons. The van der Waals surface area contributed by atoms with Gasteiger partial charge in [-0.15, -0.1) is 0 Å². The third kappa shape index (κ3) is 6.50. The SMILES string of the molecule is COc1cccc(S(=O)(=O)N(C2CC2)C2CCN(CCNC(=O)Nc3cc(C)nc(C)c3)CC2)c1. The van der Waals surface area contributed by atoms with Crippen LogP contribution in [0.4, 0.5) is 10.5 Å². The molecule has 2 N–H and O–H groups in total. The Morgan fingerprint density at radius 2 is 1.74 bits per heavy atom. The van der Waals surface area contributed by atoms with E-state index in [-0.39, 0.29) is 18.1 Å². The van der Waals surface area contributed by atoms with E-state index in [1.807, 2.05) is 26.0 Å². The number of hydrogen-bond donors (Lipinski definition) is 2. The average Bonchev–Trinajstić information content (AvgIpc) is 3.64. The molecule has 2 fully saturated rings. The van der Waals surface area contributed by atoms with E-state index < -0.39 is 10.0 Å². The first kappa shape index (κ1) is 25.4. The monoisotopic (exact) mass is 501 g/mol. The van der Waals surface area contributed by atoms with Crippen molar-refractivity contribution in [2.75, 3.05) is 38.6 Å². The Morgan fingerprint density at radius 3 is 2.37 bits per heavy atom. The highest BCUT2D eigenvalue weighted by atomic mass is 32.2. The van der Waals surface area contributed by atoms with Gasteiger partial charge < -0.3 is 20.3 Å². The zero-order valence-corrected chi connectivity index (χ0v) is 21.5. The number of nitrogens with one attached hydrogen (secondary N) is 2. The third-order valence-electron chi connectivity index (χ3n) is 6.49. The van der Waals surface area contributed by atoms with Crippen LogP contribution in [0.15, 0.2) is 41.3 Å². The van der Waals surface area contributed by atoms with E-state index in [0.717, 1.165) is 62.4 Å². The normalized spacial score (nSPS) is 17.4. The van der Waals surface area contributed by atoms with Crippen LogP contribution >= 0.6 is 0 Å². The molecule has 35 heavy (non-hydrogen) atoms. The molecule has 0 spiro atoms. The van der Waals surface area contributed by atoms with Crippen LogP contribution in [-0.2, 0) is 10.0 Å². The number of piperidine rings is 1. The molecule has 0 atom stereocenters. The number of carbonyl (C=O) groups excluding carboxylic acids is 1. The van der Waals surface area contributed by atoms with Gasteiger partial charge in [0.1, 0.15) is 5.75 Å². The summed E-state index contributed by atoms with van der Waals surface area (Å²) in [6.07, 6.45) is 3.39. The number of amides is 2. The summed E-state index contributed by atoms with van der Waals surface area (Å²) in [5, 5.41) is 5.76. The van der Waals surface area contributed by atoms with E-state index in [1.54, 1.807) is 35.7 Å². The summed E-state index contributed by atoms with van der Waals surface area (Å²) in [6.45, 7) is 6.63. The molecule has 4 rings (SSSR count). The molecule has 10 heteroatoms. The first-order chi connectivity index (χ1) is 16.8. The highest BCUT2D eigenvalue weighted by Crippen LogP contribution is 2.37. The Labute approximate surface area is 207 Å². The summed E-state index contributed by atoms with van der Waals surface area (Å²) in [6, 6.07) is 10.2. The molecule has 2 heterocycles. The largest absolute Gasteiger partial charge is 0.497 e. The molecule has 1 aliphatic carbocycles. The molecule has 0 unspecified atom stereocenters. The number of hydrogen-bond acceptors (Lipinski definition) is 6. The van der Waals surface area contributed by atoms with Crippen LogP contribution in [0, 0.1) is 13.8 Å². The molecule has 1 saturated heterocycles. The number of carbonyl (C=O) groups is 1. The van der Waals surface area contributed by atoms with E-state index in [2.05, 4.69) is 20.5 Å². The van der Waals surface area contributed by atoms with Crippen molar-refractivity contribution in [2.45, 2.75) is 56.5 Å². The number of urea groups is 1. The first-order valence-corrected chi connectivity index (χ1v) is 13.6. The molecule has 9 nitrogen and oxygen atoms in total. The second-order valence-corrected chi connectivity index (χ2v) is 11.2. The molecule has 2 aromatic rings. The summed E-state index contributed by atoms with van der Waals surface area (Å²) in [7, 11) is -2.05. The number of likely N-dealkylation sites (tertiary alicyclic amines) is 1. The number of pyridine rings is 1. The van der Waals surface area contributed by atoms with Gasteiger partial charge in [0.25, 0.3) is 0 Å². The number of ether oxygens (including phenoxy) is 1. The van der Waals surface area contributed by atoms with Crippen molar-refractivity contribution in [1.82, 2.24) is 19.5 Å². The summed E-state index contributed by atoms with van der Waals surface area (Å²) in [4.78, 5) is 19.1. The number of methoxy groups -OCH3 is 1. The van der Waals surface area contributed by atoms with Crippen LogP contribution in [0.3, 0.4) is 0 Å². The van der Waals surface area contributed by atoms with Gasteiger partial charge in [0.05, 0.1) is 12.0 Å². The van der Waals surface area contributed by atoms with Crippen LogP contribution in [0.2, 0.25) is 0 Å². The van der Waals surface area contributed by atoms with Crippen molar-refractivity contribution >= 4 is 21.7 Å². The predicted molar refractivity (Wildman–Crippen MR) is 135 cm³/mol. The maximum Gasteiger partial charge on any atom is 0.319 e. The quantitative estimate of drug-likeness (QED) is 0.547. The Kier molecular flexibility index (Phi) is 7.93. The van der Waals surface area contributed by atoms with Crippen molar-refractivity contribution in [3.8, 4) is 5.75 Å². The Balaban J connectivity index is 1.27. The molecule has 0 radical (unpaired) electrons. The van der Waals surface area contributed by atoms with E-state index in [9.17, 15) is 13.2 Å². The van der Waals surface area contributed by atoms with Gasteiger partial charge in [-0.2, -0.15) is 4.31 Å². The average molecular weight is 502 g/mol. The van der Waals surface area contributed by atoms with Gasteiger partial charge in [0.15, 0.2) is 0 Å². The molecule has 2 aliphatic rings. The van der Waals surface area contributed by atoms with Gasteiger partial charge in [-0.05, 0) is 76.9 Å². The van der Waals surface area contributed by atoms with Gasteiger partial charge in [-0.1, -0.05) is 6.07 Å².